The smallest absolute Gasteiger partial charge is 0.160 e. The van der Waals surface area contributed by atoms with Crippen molar-refractivity contribution >= 4 is 72.6 Å². The van der Waals surface area contributed by atoms with Crippen molar-refractivity contribution in [3.8, 4) is 27.9 Å². The molecule has 0 amide bonds. The summed E-state index contributed by atoms with van der Waals surface area (Å²) < 4.78 is 9.31. The van der Waals surface area contributed by atoms with Crippen LogP contribution in [-0.4, -0.2) is 12.6 Å². The van der Waals surface area contributed by atoms with Gasteiger partial charge in [-0.05, 0) is 49.5 Å². The van der Waals surface area contributed by atoms with E-state index in [0.29, 0.717) is 0 Å². The van der Waals surface area contributed by atoms with Crippen LogP contribution < -0.4 is 20.7 Å². The molecule has 8 aromatic carbocycles. The number of hydrogen-bond acceptors (Lipinski definition) is 1. The number of rotatable bonds is 4. The van der Waals surface area contributed by atoms with Crippen LogP contribution in [0, 0.1) is 0 Å². The average Bonchev–Trinajstić information content (AvgIpc) is 3.85. The van der Waals surface area contributed by atoms with Crippen LogP contribution in [0.1, 0.15) is 0 Å². The fourth-order valence-electron chi connectivity index (χ4n) is 9.02. The summed E-state index contributed by atoms with van der Waals surface area (Å²) >= 11 is 0. The highest BCUT2D eigenvalue weighted by atomic mass is 28.3. The van der Waals surface area contributed by atoms with Gasteiger partial charge in [0.05, 0.1) is 11.0 Å². The fourth-order valence-corrected chi connectivity index (χ4v) is 14.2. The molecule has 2 aromatic heterocycles. The van der Waals surface area contributed by atoms with E-state index in [1.165, 1.54) is 59.3 Å². The van der Waals surface area contributed by atoms with Gasteiger partial charge in [-0.25, -0.2) is 0 Å². The SMILES string of the molecule is c1ccc(-n2c3ccccc3c3cc(-c4ccc5c(c4)[Si-](c4ccccc4)(c4ccccc4)c4ccccc4-5)c4c5ccccc5oc4c32)cc1. The monoisotopic (exact) mass is 665 g/mol. The van der Waals surface area contributed by atoms with Crippen LogP contribution in [-0.2, 0) is 0 Å². The molecule has 0 atom stereocenters. The van der Waals surface area contributed by atoms with Crippen LogP contribution in [0.3, 0.4) is 0 Å². The normalized spacial score (nSPS) is 13.3. The van der Waals surface area contributed by atoms with Crippen molar-refractivity contribution in [1.82, 2.24) is 4.57 Å². The molecule has 11 rings (SSSR count). The van der Waals surface area contributed by atoms with E-state index in [4.69, 9.17) is 4.42 Å². The standard InChI is InChI=1S/C48H31NOSi/c1-4-16-33(17-5-1)49-42-25-13-10-22-36(42)41-31-40(46-39-24-11-14-26-43(39)50-48(46)47(41)49)32-28-29-38-37-23-12-15-27-44(37)51(45(38)30-32,34-18-6-2-7-19-34)35-20-8-3-9-21-35/h1-31H/q-1. The van der Waals surface area contributed by atoms with Crippen LogP contribution in [0.5, 0.6) is 0 Å². The van der Waals surface area contributed by atoms with Crippen LogP contribution in [0.15, 0.2) is 192 Å². The first-order chi connectivity index (χ1) is 25.3. The Kier molecular flexibility index (Phi) is 6.01. The maximum atomic E-state index is 6.93. The topological polar surface area (TPSA) is 18.1 Å². The van der Waals surface area contributed by atoms with Crippen molar-refractivity contribution in [3.63, 3.8) is 0 Å². The second kappa shape index (κ2) is 10.8. The summed E-state index contributed by atoms with van der Waals surface area (Å²) in [6.07, 6.45) is 0. The average molecular weight is 666 g/mol. The van der Waals surface area contributed by atoms with E-state index in [9.17, 15) is 0 Å². The van der Waals surface area contributed by atoms with Crippen molar-refractivity contribution in [2.24, 2.45) is 0 Å². The number of furan rings is 1. The van der Waals surface area contributed by atoms with E-state index in [2.05, 4.69) is 193 Å². The van der Waals surface area contributed by atoms with Crippen molar-refractivity contribution in [2.75, 3.05) is 0 Å². The summed E-state index contributed by atoms with van der Waals surface area (Å²) in [5, 5.41) is 10.4. The summed E-state index contributed by atoms with van der Waals surface area (Å²) in [4.78, 5) is 0. The van der Waals surface area contributed by atoms with Gasteiger partial charge in [-0.1, -0.05) is 169 Å². The molecule has 10 aromatic rings. The van der Waals surface area contributed by atoms with Gasteiger partial charge in [-0.2, -0.15) is 20.7 Å². The van der Waals surface area contributed by atoms with Crippen molar-refractivity contribution in [3.05, 3.63) is 188 Å². The number of para-hydroxylation sites is 3. The molecule has 2 nitrogen and oxygen atoms in total. The first-order valence-corrected chi connectivity index (χ1v) is 19.6. The molecule has 0 saturated heterocycles. The molecule has 0 spiro atoms. The molecule has 0 N–H and O–H groups in total. The van der Waals surface area contributed by atoms with Crippen LogP contribution in [0.4, 0.5) is 0 Å². The van der Waals surface area contributed by atoms with Gasteiger partial charge >= 0.3 is 0 Å². The highest BCUT2D eigenvalue weighted by molar-refractivity contribution is 7.22. The molecule has 1 aliphatic rings. The van der Waals surface area contributed by atoms with Gasteiger partial charge < -0.3 is 8.98 Å². The van der Waals surface area contributed by atoms with Crippen LogP contribution >= 0.6 is 0 Å². The summed E-state index contributed by atoms with van der Waals surface area (Å²) in [5.41, 5.74) is 10.3. The first kappa shape index (κ1) is 28.4. The van der Waals surface area contributed by atoms with Gasteiger partial charge in [0.1, 0.15) is 5.58 Å². The Morgan fingerprint density at radius 2 is 1.04 bits per heavy atom. The number of aromatic nitrogens is 1. The molecule has 0 aliphatic carbocycles. The molecule has 0 bridgehead atoms. The van der Waals surface area contributed by atoms with E-state index in [0.717, 1.165) is 33.1 Å². The largest absolute Gasteiger partial charge is 0.454 e. The summed E-state index contributed by atoms with van der Waals surface area (Å²) in [5.74, 6) is 0. The van der Waals surface area contributed by atoms with Gasteiger partial charge in [0.15, 0.2) is 5.58 Å². The lowest BCUT2D eigenvalue weighted by Gasteiger charge is -2.44. The lowest BCUT2D eigenvalue weighted by atomic mass is 9.95. The maximum Gasteiger partial charge on any atom is 0.160 e. The molecule has 1 aliphatic heterocycles. The highest BCUT2D eigenvalue weighted by Crippen LogP contribution is 2.45. The number of benzene rings is 8. The quantitative estimate of drug-likeness (QED) is 0.171. The Morgan fingerprint density at radius 3 is 1.80 bits per heavy atom. The van der Waals surface area contributed by atoms with E-state index in [1.807, 2.05) is 0 Å². The minimum atomic E-state index is -2.66. The molecule has 0 fully saturated rings. The Hall–Kier alpha value is -6.42. The third-order valence-electron chi connectivity index (χ3n) is 11.1. The summed E-state index contributed by atoms with van der Waals surface area (Å²) in [6, 6.07) is 69.2. The number of nitrogens with zero attached hydrogens (tertiary/aromatic N) is 1. The van der Waals surface area contributed by atoms with E-state index < -0.39 is 8.07 Å². The second-order valence-electron chi connectivity index (χ2n) is 13.6. The highest BCUT2D eigenvalue weighted by Gasteiger charge is 2.36. The van der Waals surface area contributed by atoms with Crippen LogP contribution in [0.25, 0.3) is 71.7 Å². The molecule has 51 heavy (non-hydrogen) atoms. The van der Waals surface area contributed by atoms with Crippen molar-refractivity contribution in [1.29, 1.82) is 0 Å². The minimum absolute atomic E-state index is 0.900. The van der Waals surface area contributed by atoms with E-state index in [1.54, 1.807) is 0 Å². The van der Waals surface area contributed by atoms with Crippen molar-refractivity contribution in [2.45, 2.75) is 0 Å². The Labute approximate surface area is 296 Å². The number of fused-ring (bicyclic) bond motifs is 10. The van der Waals surface area contributed by atoms with Gasteiger partial charge in [0.2, 0.25) is 0 Å². The lowest BCUT2D eigenvalue weighted by molar-refractivity contribution is 0.671. The lowest BCUT2D eigenvalue weighted by Crippen LogP contribution is -2.72. The zero-order chi connectivity index (χ0) is 33.5. The molecule has 0 saturated carbocycles. The molecule has 239 valence electrons. The van der Waals surface area contributed by atoms with E-state index in [-0.39, 0.29) is 0 Å². The molecule has 3 heteroatoms. The summed E-state index contributed by atoms with van der Waals surface area (Å²) in [7, 11) is -2.66. The molecule has 0 unspecified atom stereocenters. The van der Waals surface area contributed by atoms with Crippen molar-refractivity contribution < 1.29 is 4.42 Å². The number of hydrogen-bond donors (Lipinski definition) is 0. The van der Waals surface area contributed by atoms with Crippen LogP contribution in [0.2, 0.25) is 0 Å². The maximum absolute atomic E-state index is 6.93. The Balaban J connectivity index is 1.28. The molecule has 0 radical (unpaired) electrons. The predicted molar refractivity (Wildman–Crippen MR) is 216 cm³/mol. The summed E-state index contributed by atoms with van der Waals surface area (Å²) in [6.45, 7) is 0. The minimum Gasteiger partial charge on any atom is -0.454 e. The Morgan fingerprint density at radius 1 is 0.431 bits per heavy atom. The fraction of sp³-hybridized carbons (Fsp3) is 0. The predicted octanol–water partition coefficient (Wildman–Crippen LogP) is 9.71. The third kappa shape index (κ3) is 3.87. The zero-order valence-corrected chi connectivity index (χ0v) is 28.8. The zero-order valence-electron chi connectivity index (χ0n) is 27.8. The second-order valence-corrected chi connectivity index (χ2v) is 17.3. The van der Waals surface area contributed by atoms with Gasteiger partial charge in [-0.15, -0.1) is 0 Å². The first-order valence-electron chi connectivity index (χ1n) is 17.6. The van der Waals surface area contributed by atoms with Gasteiger partial charge in [0, 0.05) is 27.2 Å². The molecular weight excluding hydrogens is 635 g/mol. The molecular formula is C48H31NOSi-. The van der Waals surface area contributed by atoms with Gasteiger partial charge in [-0.3, -0.25) is 0 Å². The van der Waals surface area contributed by atoms with Gasteiger partial charge in [0.25, 0.3) is 0 Å². The third-order valence-corrected chi connectivity index (χ3v) is 15.9. The van der Waals surface area contributed by atoms with E-state index >= 15 is 0 Å². The molecule has 3 heterocycles. The Bertz CT molecular complexity index is 2920.